The van der Waals surface area contributed by atoms with Crippen LogP contribution in [0.1, 0.15) is 52.9 Å². The van der Waals surface area contributed by atoms with E-state index >= 15 is 0 Å². The average Bonchev–Trinajstić information content (AvgIpc) is 2.70. The Bertz CT molecular complexity index is 828. The molecule has 1 amide bonds. The Balaban J connectivity index is 2.13. The summed E-state index contributed by atoms with van der Waals surface area (Å²) in [4.78, 5) is 25.0. The molecule has 1 aliphatic carbocycles. The van der Waals surface area contributed by atoms with Crippen LogP contribution < -0.4 is 15.8 Å². The van der Waals surface area contributed by atoms with Crippen LogP contribution in [0.15, 0.2) is 6.07 Å². The highest BCUT2D eigenvalue weighted by Crippen LogP contribution is 2.27. The molecule has 0 aromatic heterocycles. The molecule has 0 spiro atoms. The minimum Gasteiger partial charge on any atom is -0.485 e. The SMILES string of the molecule is CC(C)(C)OC(=O)C[C@H](NC(=O)[C@H]1CC[C@H](N)CC1)C(O)COc1c(F)c(F)cc(F)c1F. The highest BCUT2D eigenvalue weighted by molar-refractivity contribution is 5.80. The predicted molar refractivity (Wildman–Crippen MR) is 110 cm³/mol. The largest absolute Gasteiger partial charge is 0.485 e. The normalized spacial score (nSPS) is 20.6. The van der Waals surface area contributed by atoms with E-state index in [2.05, 4.69) is 5.32 Å². The summed E-state index contributed by atoms with van der Waals surface area (Å²) >= 11 is 0. The molecular formula is C22H30F4N2O5. The van der Waals surface area contributed by atoms with E-state index in [4.69, 9.17) is 15.2 Å². The van der Waals surface area contributed by atoms with Crippen molar-refractivity contribution in [2.75, 3.05) is 6.61 Å². The molecular weight excluding hydrogens is 448 g/mol. The second-order valence-corrected chi connectivity index (χ2v) is 9.19. The number of benzene rings is 1. The van der Waals surface area contributed by atoms with Crippen LogP contribution in [0.5, 0.6) is 5.75 Å². The number of hydrogen-bond acceptors (Lipinski definition) is 6. The highest BCUT2D eigenvalue weighted by Gasteiger charge is 2.32. The van der Waals surface area contributed by atoms with Crippen molar-refractivity contribution < 1.29 is 41.7 Å². The van der Waals surface area contributed by atoms with Gasteiger partial charge >= 0.3 is 5.97 Å². The molecule has 1 saturated carbocycles. The lowest BCUT2D eigenvalue weighted by Crippen LogP contribution is -2.50. The smallest absolute Gasteiger partial charge is 0.308 e. The first-order chi connectivity index (χ1) is 15.3. The zero-order chi connectivity index (χ0) is 24.9. The lowest BCUT2D eigenvalue weighted by molar-refractivity contribution is -0.156. The number of esters is 1. The van der Waals surface area contributed by atoms with Crippen molar-refractivity contribution in [1.29, 1.82) is 0 Å². The monoisotopic (exact) mass is 478 g/mol. The Hall–Kier alpha value is -2.40. The third-order valence-electron chi connectivity index (χ3n) is 5.21. The average molecular weight is 478 g/mol. The first kappa shape index (κ1) is 26.8. The van der Waals surface area contributed by atoms with E-state index in [0.29, 0.717) is 25.7 Å². The van der Waals surface area contributed by atoms with Gasteiger partial charge in [-0.15, -0.1) is 0 Å². The maximum atomic E-state index is 13.8. The summed E-state index contributed by atoms with van der Waals surface area (Å²) in [6.45, 7) is 4.04. The van der Waals surface area contributed by atoms with E-state index in [-0.39, 0.29) is 18.0 Å². The zero-order valence-corrected chi connectivity index (χ0v) is 18.8. The Morgan fingerprint density at radius 2 is 1.67 bits per heavy atom. The summed E-state index contributed by atoms with van der Waals surface area (Å²) in [5.74, 6) is -9.79. The van der Waals surface area contributed by atoms with Gasteiger partial charge in [0.05, 0.1) is 12.5 Å². The fraction of sp³-hybridized carbons (Fsp3) is 0.636. The summed E-state index contributed by atoms with van der Waals surface area (Å²) in [5, 5.41) is 13.1. The van der Waals surface area contributed by atoms with Crippen LogP contribution in [0.4, 0.5) is 17.6 Å². The van der Waals surface area contributed by atoms with E-state index in [9.17, 15) is 32.3 Å². The van der Waals surface area contributed by atoms with Crippen molar-refractivity contribution in [1.82, 2.24) is 5.32 Å². The van der Waals surface area contributed by atoms with Gasteiger partial charge in [-0.05, 0) is 46.5 Å². The van der Waals surface area contributed by atoms with Gasteiger partial charge in [0, 0.05) is 18.0 Å². The number of amides is 1. The van der Waals surface area contributed by atoms with Gasteiger partial charge in [-0.1, -0.05) is 0 Å². The molecule has 7 nitrogen and oxygen atoms in total. The third-order valence-corrected chi connectivity index (χ3v) is 5.21. The molecule has 1 aromatic rings. The van der Waals surface area contributed by atoms with Gasteiger partial charge in [0.25, 0.3) is 0 Å². The van der Waals surface area contributed by atoms with Crippen molar-refractivity contribution in [3.8, 4) is 5.75 Å². The minimum absolute atomic E-state index is 0.00190. The fourth-order valence-electron chi connectivity index (χ4n) is 3.49. The minimum atomic E-state index is -1.77. The van der Waals surface area contributed by atoms with Gasteiger partial charge in [-0.25, -0.2) is 8.78 Å². The molecule has 0 radical (unpaired) electrons. The molecule has 33 heavy (non-hydrogen) atoms. The molecule has 0 saturated heterocycles. The summed E-state index contributed by atoms with van der Waals surface area (Å²) in [7, 11) is 0. The molecule has 0 bridgehead atoms. The molecule has 0 heterocycles. The summed E-state index contributed by atoms with van der Waals surface area (Å²) in [6.07, 6.45) is 0.212. The number of carbonyl (C=O) groups excluding carboxylic acids is 2. The molecule has 1 unspecified atom stereocenters. The molecule has 1 aromatic carbocycles. The number of rotatable bonds is 8. The molecule has 11 heteroatoms. The van der Waals surface area contributed by atoms with Crippen molar-refractivity contribution in [3.63, 3.8) is 0 Å². The number of aliphatic hydroxyl groups is 1. The summed E-state index contributed by atoms with van der Waals surface area (Å²) in [6, 6.07) is -1.22. The lowest BCUT2D eigenvalue weighted by atomic mass is 9.85. The summed E-state index contributed by atoms with van der Waals surface area (Å²) < 4.78 is 64.4. The van der Waals surface area contributed by atoms with Crippen molar-refractivity contribution in [2.24, 2.45) is 11.7 Å². The molecule has 186 valence electrons. The Morgan fingerprint density at radius 1 is 1.12 bits per heavy atom. The Kier molecular flexibility index (Phi) is 9.07. The second kappa shape index (κ2) is 11.1. The first-order valence-electron chi connectivity index (χ1n) is 10.7. The number of nitrogens with one attached hydrogen (secondary N) is 1. The van der Waals surface area contributed by atoms with E-state index in [1.54, 1.807) is 20.8 Å². The number of ether oxygens (including phenoxy) is 2. The van der Waals surface area contributed by atoms with Crippen molar-refractivity contribution in [2.45, 2.75) is 76.7 Å². The number of nitrogens with two attached hydrogens (primary N) is 1. The van der Waals surface area contributed by atoms with Crippen LogP contribution >= 0.6 is 0 Å². The van der Waals surface area contributed by atoms with Crippen LogP contribution in [0.25, 0.3) is 0 Å². The van der Waals surface area contributed by atoms with Crippen LogP contribution in [-0.4, -0.2) is 47.4 Å². The van der Waals surface area contributed by atoms with E-state index in [0.717, 1.165) is 0 Å². The van der Waals surface area contributed by atoms with Crippen molar-refractivity contribution >= 4 is 11.9 Å². The van der Waals surface area contributed by atoms with E-state index in [1.165, 1.54) is 0 Å². The van der Waals surface area contributed by atoms with Crippen molar-refractivity contribution in [3.05, 3.63) is 29.3 Å². The third kappa shape index (κ3) is 7.85. The first-order valence-corrected chi connectivity index (χ1v) is 10.7. The highest BCUT2D eigenvalue weighted by atomic mass is 19.2. The number of aliphatic hydroxyl groups excluding tert-OH is 1. The van der Waals surface area contributed by atoms with E-state index in [1.807, 2.05) is 0 Å². The van der Waals surface area contributed by atoms with Gasteiger partial charge in [-0.2, -0.15) is 8.78 Å². The van der Waals surface area contributed by atoms with Crippen LogP contribution in [0.3, 0.4) is 0 Å². The Morgan fingerprint density at radius 3 is 2.18 bits per heavy atom. The second-order valence-electron chi connectivity index (χ2n) is 9.19. The fourth-order valence-corrected chi connectivity index (χ4v) is 3.49. The molecule has 4 N–H and O–H groups in total. The lowest BCUT2D eigenvalue weighted by Gasteiger charge is -2.30. The van der Waals surface area contributed by atoms with Crippen LogP contribution in [-0.2, 0) is 14.3 Å². The van der Waals surface area contributed by atoms with Crippen LogP contribution in [0, 0.1) is 29.2 Å². The molecule has 2 atom stereocenters. The molecule has 2 rings (SSSR count). The number of carbonyl (C=O) groups is 2. The number of hydrogen-bond donors (Lipinski definition) is 3. The van der Waals surface area contributed by atoms with Gasteiger partial charge in [0.15, 0.2) is 17.4 Å². The number of halogens is 4. The van der Waals surface area contributed by atoms with Gasteiger partial charge in [-0.3, -0.25) is 9.59 Å². The van der Waals surface area contributed by atoms with Crippen LogP contribution in [0.2, 0.25) is 0 Å². The molecule has 1 aliphatic rings. The van der Waals surface area contributed by atoms with Gasteiger partial charge in [0.2, 0.25) is 17.5 Å². The summed E-state index contributed by atoms with van der Waals surface area (Å²) in [5.41, 5.74) is 5.01. The maximum Gasteiger partial charge on any atom is 0.308 e. The van der Waals surface area contributed by atoms with Gasteiger partial charge in [0.1, 0.15) is 18.3 Å². The van der Waals surface area contributed by atoms with E-state index < -0.39 is 71.7 Å². The molecule has 1 fully saturated rings. The quantitative estimate of drug-likeness (QED) is 0.301. The maximum absolute atomic E-state index is 13.8. The zero-order valence-electron chi connectivity index (χ0n) is 18.8. The Labute approximate surface area is 189 Å². The standard InChI is InChI=1S/C22H30F4N2O5/c1-22(2,3)33-17(30)9-15(28-21(31)11-4-6-12(27)7-5-11)16(29)10-32-20-18(25)13(23)8-14(24)19(20)26/h8,11-12,15-16,29H,4-7,9-10,27H2,1-3H3,(H,28,31)/t11-,12-,15-,16?/m0/s1. The van der Waals surface area contributed by atoms with Gasteiger partial charge < -0.3 is 25.6 Å². The topological polar surface area (TPSA) is 111 Å². The predicted octanol–water partition coefficient (Wildman–Crippen LogP) is 2.72. The molecule has 0 aliphatic heterocycles.